The molecule has 0 radical (unpaired) electrons. The van der Waals surface area contributed by atoms with Gasteiger partial charge in [0.25, 0.3) is 0 Å². The Morgan fingerprint density at radius 3 is 2.70 bits per heavy atom. The van der Waals surface area contributed by atoms with Gasteiger partial charge >= 0.3 is 0 Å². The molecule has 0 N–H and O–H groups in total. The van der Waals surface area contributed by atoms with Crippen LogP contribution >= 0.6 is 23.1 Å². The highest BCUT2D eigenvalue weighted by molar-refractivity contribution is 8.00. The molecule has 0 aliphatic heterocycles. The van der Waals surface area contributed by atoms with Crippen LogP contribution in [0.3, 0.4) is 0 Å². The second kappa shape index (κ2) is 8.93. The number of Topliss-reactive ketones (excluding diaryl/α,β-unsaturated/α-hetero) is 1. The maximum Gasteiger partial charge on any atom is 0.173 e. The van der Waals surface area contributed by atoms with Gasteiger partial charge in [0.15, 0.2) is 5.78 Å². The third-order valence-electron chi connectivity index (χ3n) is 4.63. The van der Waals surface area contributed by atoms with Crippen LogP contribution in [0.2, 0.25) is 0 Å². The van der Waals surface area contributed by atoms with Gasteiger partial charge in [0.2, 0.25) is 0 Å². The molecule has 0 aliphatic carbocycles. The van der Waals surface area contributed by atoms with Gasteiger partial charge in [-0.3, -0.25) is 4.79 Å². The van der Waals surface area contributed by atoms with Crippen molar-refractivity contribution in [3.63, 3.8) is 0 Å². The number of carbonyl (C=O) groups is 1. The first-order valence-corrected chi connectivity index (χ1v) is 11.3. The Morgan fingerprint density at radius 1 is 1.17 bits per heavy atom. The van der Waals surface area contributed by atoms with Crippen LogP contribution in [0, 0.1) is 12.7 Å². The minimum Gasteiger partial charge on any atom is -0.494 e. The van der Waals surface area contributed by atoms with Gasteiger partial charge in [-0.25, -0.2) is 14.4 Å². The lowest BCUT2D eigenvalue weighted by Gasteiger charge is -2.07. The number of ether oxygens (including phenoxy) is 1. The van der Waals surface area contributed by atoms with Crippen molar-refractivity contribution >= 4 is 39.1 Å². The highest BCUT2D eigenvalue weighted by Gasteiger charge is 2.16. The normalized spacial score (nSPS) is 11.0. The summed E-state index contributed by atoms with van der Waals surface area (Å²) >= 11 is 2.92. The fourth-order valence-corrected chi connectivity index (χ4v) is 4.99. The van der Waals surface area contributed by atoms with Crippen molar-refractivity contribution in [3.05, 3.63) is 71.1 Å². The number of ketones is 1. The highest BCUT2D eigenvalue weighted by atomic mass is 32.2. The standard InChI is InChI=1S/C23H19FN2O2S2/c1-3-28-17-7-4-15(5-8-17)18-11-29-22-21(18)23(26-13-25-22)30-12-20(27)16-6-9-19(24)14(2)10-16/h4-11,13H,3,12H2,1-2H3. The average Bonchev–Trinajstić information content (AvgIpc) is 3.19. The van der Waals surface area contributed by atoms with E-state index in [1.807, 2.05) is 31.2 Å². The fourth-order valence-electron chi connectivity index (χ4n) is 3.10. The molecule has 2 aromatic heterocycles. The first-order valence-electron chi connectivity index (χ1n) is 9.44. The fraction of sp³-hybridized carbons (Fsp3) is 0.174. The molecule has 0 fully saturated rings. The second-order valence-corrected chi connectivity index (χ2v) is 8.46. The minimum atomic E-state index is -0.310. The van der Waals surface area contributed by atoms with E-state index in [9.17, 15) is 9.18 Å². The lowest BCUT2D eigenvalue weighted by Crippen LogP contribution is -2.03. The summed E-state index contributed by atoms with van der Waals surface area (Å²) in [5.74, 6) is 0.671. The molecule has 7 heteroatoms. The zero-order chi connectivity index (χ0) is 21.1. The van der Waals surface area contributed by atoms with Gasteiger partial charge < -0.3 is 4.74 Å². The van der Waals surface area contributed by atoms with E-state index in [-0.39, 0.29) is 17.4 Å². The lowest BCUT2D eigenvalue weighted by molar-refractivity contribution is 0.102. The number of aryl methyl sites for hydroxylation is 1. The number of nitrogens with zero attached hydrogens (tertiary/aromatic N) is 2. The molecular weight excluding hydrogens is 419 g/mol. The van der Waals surface area contributed by atoms with E-state index in [2.05, 4.69) is 15.3 Å². The number of halogens is 1. The van der Waals surface area contributed by atoms with Crippen molar-refractivity contribution in [2.45, 2.75) is 18.9 Å². The summed E-state index contributed by atoms with van der Waals surface area (Å²) in [5, 5.41) is 3.77. The third-order valence-corrected chi connectivity index (χ3v) is 6.51. The molecule has 2 heterocycles. The van der Waals surface area contributed by atoms with Crippen LogP contribution in [0.5, 0.6) is 5.75 Å². The Kier molecular flexibility index (Phi) is 6.11. The molecular formula is C23H19FN2O2S2. The maximum absolute atomic E-state index is 13.5. The highest BCUT2D eigenvalue weighted by Crippen LogP contribution is 2.38. The predicted molar refractivity (Wildman–Crippen MR) is 120 cm³/mol. The number of thioether (sulfide) groups is 1. The summed E-state index contributed by atoms with van der Waals surface area (Å²) in [6.07, 6.45) is 1.52. The Labute approximate surface area is 182 Å². The van der Waals surface area contributed by atoms with Crippen molar-refractivity contribution < 1.29 is 13.9 Å². The summed E-state index contributed by atoms with van der Waals surface area (Å²) in [4.78, 5) is 22.3. The summed E-state index contributed by atoms with van der Waals surface area (Å²) in [5.41, 5.74) is 3.04. The Bertz CT molecular complexity index is 1210. The molecule has 0 bridgehead atoms. The Hall–Kier alpha value is -2.77. The first kappa shape index (κ1) is 20.5. The van der Waals surface area contributed by atoms with E-state index in [4.69, 9.17) is 4.74 Å². The molecule has 0 spiro atoms. The van der Waals surface area contributed by atoms with Crippen LogP contribution in [0.25, 0.3) is 21.3 Å². The van der Waals surface area contributed by atoms with Crippen molar-refractivity contribution in [1.29, 1.82) is 0 Å². The molecule has 30 heavy (non-hydrogen) atoms. The Morgan fingerprint density at radius 2 is 1.97 bits per heavy atom. The number of hydrogen-bond acceptors (Lipinski definition) is 6. The van der Waals surface area contributed by atoms with E-state index in [0.717, 1.165) is 32.1 Å². The largest absolute Gasteiger partial charge is 0.494 e. The number of benzene rings is 2. The maximum atomic E-state index is 13.5. The molecule has 4 aromatic rings. The van der Waals surface area contributed by atoms with Gasteiger partial charge in [-0.1, -0.05) is 23.9 Å². The molecule has 0 saturated carbocycles. The van der Waals surface area contributed by atoms with E-state index < -0.39 is 0 Å². The number of carbonyl (C=O) groups excluding carboxylic acids is 1. The quantitative estimate of drug-likeness (QED) is 0.196. The number of fused-ring (bicyclic) bond motifs is 1. The smallest absolute Gasteiger partial charge is 0.173 e. The summed E-state index contributed by atoms with van der Waals surface area (Å²) < 4.78 is 19.0. The van der Waals surface area contributed by atoms with Gasteiger partial charge in [0.1, 0.15) is 27.8 Å². The minimum absolute atomic E-state index is 0.0623. The first-order chi connectivity index (χ1) is 14.6. The third kappa shape index (κ3) is 4.22. The predicted octanol–water partition coefficient (Wildman–Crippen LogP) is 6.18. The van der Waals surface area contributed by atoms with Crippen molar-refractivity contribution in [2.75, 3.05) is 12.4 Å². The Balaban J connectivity index is 1.60. The number of aromatic nitrogens is 2. The summed E-state index contributed by atoms with van der Waals surface area (Å²) in [6.45, 7) is 4.23. The van der Waals surface area contributed by atoms with Gasteiger partial charge in [-0.2, -0.15) is 0 Å². The van der Waals surface area contributed by atoms with Crippen LogP contribution < -0.4 is 4.74 Å². The van der Waals surface area contributed by atoms with Gasteiger partial charge in [-0.05, 0) is 55.3 Å². The van der Waals surface area contributed by atoms with E-state index in [0.29, 0.717) is 17.7 Å². The van der Waals surface area contributed by atoms with Gasteiger partial charge in [0.05, 0.1) is 17.7 Å². The van der Waals surface area contributed by atoms with E-state index in [1.165, 1.54) is 30.2 Å². The van der Waals surface area contributed by atoms with Crippen LogP contribution in [-0.2, 0) is 0 Å². The number of thiophene rings is 1. The molecule has 4 rings (SSSR count). The van der Waals surface area contributed by atoms with Crippen LogP contribution in [0.15, 0.2) is 59.2 Å². The van der Waals surface area contributed by atoms with Crippen LogP contribution in [0.1, 0.15) is 22.8 Å². The molecule has 0 atom stereocenters. The van der Waals surface area contributed by atoms with Crippen molar-refractivity contribution in [1.82, 2.24) is 9.97 Å². The molecule has 0 aliphatic rings. The molecule has 4 nitrogen and oxygen atoms in total. The molecule has 0 amide bonds. The van der Waals surface area contributed by atoms with Crippen molar-refractivity contribution in [3.8, 4) is 16.9 Å². The molecule has 152 valence electrons. The van der Waals surface area contributed by atoms with Crippen LogP contribution in [-0.4, -0.2) is 28.1 Å². The second-order valence-electron chi connectivity index (χ2n) is 6.64. The van der Waals surface area contributed by atoms with Crippen LogP contribution in [0.4, 0.5) is 4.39 Å². The molecule has 0 unspecified atom stereocenters. The molecule has 2 aromatic carbocycles. The topological polar surface area (TPSA) is 52.1 Å². The average molecular weight is 439 g/mol. The number of rotatable bonds is 7. The van der Waals surface area contributed by atoms with Gasteiger partial charge in [-0.15, -0.1) is 11.3 Å². The zero-order valence-corrected chi connectivity index (χ0v) is 18.1. The van der Waals surface area contributed by atoms with E-state index >= 15 is 0 Å². The lowest BCUT2D eigenvalue weighted by atomic mass is 10.1. The monoisotopic (exact) mass is 438 g/mol. The summed E-state index contributed by atoms with van der Waals surface area (Å²) in [6, 6.07) is 12.4. The zero-order valence-electron chi connectivity index (χ0n) is 16.5. The SMILES string of the molecule is CCOc1ccc(-c2csc3ncnc(SCC(=O)c4ccc(F)c(C)c4)c23)cc1. The van der Waals surface area contributed by atoms with Crippen molar-refractivity contribution in [2.24, 2.45) is 0 Å². The van der Waals surface area contributed by atoms with E-state index in [1.54, 1.807) is 24.3 Å². The summed E-state index contributed by atoms with van der Waals surface area (Å²) in [7, 11) is 0. The molecule has 0 saturated heterocycles. The number of hydrogen-bond donors (Lipinski definition) is 0. The van der Waals surface area contributed by atoms with Gasteiger partial charge in [0, 0.05) is 16.5 Å².